The lowest BCUT2D eigenvalue weighted by molar-refractivity contribution is 0.479. The molecule has 4 nitrogen and oxygen atoms in total. The van der Waals surface area contributed by atoms with Gasteiger partial charge in [0, 0.05) is 12.1 Å². The Hall–Kier alpha value is -0.900. The molecule has 3 atom stereocenters. The summed E-state index contributed by atoms with van der Waals surface area (Å²) >= 11 is 0. The number of rotatable bonds is 4. The highest BCUT2D eigenvalue weighted by Crippen LogP contribution is 2.52. The molecule has 1 saturated carbocycles. The second-order valence-corrected chi connectivity index (χ2v) is 7.15. The van der Waals surface area contributed by atoms with E-state index < -0.39 is 0 Å². The average molecular weight is 276 g/mol. The highest BCUT2D eigenvalue weighted by Gasteiger charge is 2.49. The Morgan fingerprint density at radius 1 is 1.15 bits per heavy atom. The fourth-order valence-electron chi connectivity index (χ4n) is 3.88. The van der Waals surface area contributed by atoms with Crippen LogP contribution in [0.4, 0.5) is 0 Å². The van der Waals surface area contributed by atoms with Crippen LogP contribution in [-0.4, -0.2) is 27.6 Å². The van der Waals surface area contributed by atoms with Crippen LogP contribution in [0.15, 0.2) is 0 Å². The first-order valence-electron chi connectivity index (χ1n) is 8.24. The van der Waals surface area contributed by atoms with Gasteiger partial charge in [-0.2, -0.15) is 0 Å². The monoisotopic (exact) mass is 276 g/mol. The smallest absolute Gasteiger partial charge is 0.0859 e. The van der Waals surface area contributed by atoms with Crippen LogP contribution >= 0.6 is 0 Å². The third-order valence-electron chi connectivity index (χ3n) is 5.06. The molecule has 0 amide bonds. The molecule has 1 fully saturated rings. The first-order chi connectivity index (χ1) is 9.58. The lowest BCUT2D eigenvalue weighted by atomic mass is 10.0. The standard InChI is InChI=1S/C16H28N4/c1-10(2)17-9-14-12-5-7-15-16(8-6-13(12)14)20(11(3)4)19-18-15/h10-14,17H,5-9H2,1-4H3/t12-,13+,14-/m0/s1. The summed E-state index contributed by atoms with van der Waals surface area (Å²) in [6.45, 7) is 10.1. The molecule has 0 bridgehead atoms. The van der Waals surface area contributed by atoms with Crippen molar-refractivity contribution in [1.29, 1.82) is 0 Å². The minimum Gasteiger partial charge on any atom is -0.314 e. The average Bonchev–Trinajstić information content (AvgIpc) is 2.85. The normalized spacial score (nSPS) is 29.0. The summed E-state index contributed by atoms with van der Waals surface area (Å²) in [7, 11) is 0. The van der Waals surface area contributed by atoms with Crippen molar-refractivity contribution in [2.45, 2.75) is 65.5 Å². The van der Waals surface area contributed by atoms with Gasteiger partial charge in [0.25, 0.3) is 0 Å². The summed E-state index contributed by atoms with van der Waals surface area (Å²) < 4.78 is 2.14. The van der Waals surface area contributed by atoms with Gasteiger partial charge < -0.3 is 5.32 Å². The fourth-order valence-corrected chi connectivity index (χ4v) is 3.88. The summed E-state index contributed by atoms with van der Waals surface area (Å²) in [6, 6.07) is 1.04. The van der Waals surface area contributed by atoms with Crippen molar-refractivity contribution in [2.24, 2.45) is 17.8 Å². The van der Waals surface area contributed by atoms with Crippen molar-refractivity contribution in [3.8, 4) is 0 Å². The highest BCUT2D eigenvalue weighted by molar-refractivity contribution is 5.15. The Labute approximate surface area is 122 Å². The zero-order valence-corrected chi connectivity index (χ0v) is 13.3. The van der Waals surface area contributed by atoms with Gasteiger partial charge in [-0.3, -0.25) is 0 Å². The molecular formula is C16H28N4. The summed E-state index contributed by atoms with van der Waals surface area (Å²) in [5.74, 6) is 2.77. The van der Waals surface area contributed by atoms with Gasteiger partial charge in [-0.05, 0) is 63.8 Å². The third-order valence-corrected chi connectivity index (χ3v) is 5.06. The molecule has 0 spiro atoms. The Balaban J connectivity index is 1.65. The largest absolute Gasteiger partial charge is 0.314 e. The lowest BCUT2D eigenvalue weighted by Gasteiger charge is -2.12. The van der Waals surface area contributed by atoms with Crippen molar-refractivity contribution in [2.75, 3.05) is 6.54 Å². The molecule has 0 radical (unpaired) electrons. The van der Waals surface area contributed by atoms with Gasteiger partial charge in [-0.15, -0.1) is 5.10 Å². The Bertz CT molecular complexity index is 463. The minimum absolute atomic E-state index is 0.430. The third kappa shape index (κ3) is 2.62. The maximum atomic E-state index is 4.43. The predicted molar refractivity (Wildman–Crippen MR) is 80.7 cm³/mol. The van der Waals surface area contributed by atoms with Crippen LogP contribution in [0.25, 0.3) is 0 Å². The van der Waals surface area contributed by atoms with Crippen LogP contribution < -0.4 is 5.32 Å². The molecule has 112 valence electrons. The number of hydrogen-bond acceptors (Lipinski definition) is 3. The Morgan fingerprint density at radius 3 is 2.50 bits per heavy atom. The number of aromatic nitrogens is 3. The summed E-state index contributed by atoms with van der Waals surface area (Å²) in [6.07, 6.45) is 4.92. The molecule has 0 aliphatic heterocycles. The van der Waals surface area contributed by atoms with Crippen molar-refractivity contribution < 1.29 is 0 Å². The van der Waals surface area contributed by atoms with Crippen LogP contribution in [0.3, 0.4) is 0 Å². The van der Waals surface area contributed by atoms with E-state index in [-0.39, 0.29) is 0 Å². The van der Waals surface area contributed by atoms with Crippen molar-refractivity contribution >= 4 is 0 Å². The molecular weight excluding hydrogens is 248 g/mol. The number of fused-ring (bicyclic) bond motifs is 2. The van der Waals surface area contributed by atoms with E-state index in [0.717, 1.165) is 24.2 Å². The van der Waals surface area contributed by atoms with E-state index >= 15 is 0 Å². The van der Waals surface area contributed by atoms with Gasteiger partial charge in [0.2, 0.25) is 0 Å². The molecule has 4 heteroatoms. The fraction of sp³-hybridized carbons (Fsp3) is 0.875. The van der Waals surface area contributed by atoms with Gasteiger partial charge in [-0.1, -0.05) is 19.1 Å². The van der Waals surface area contributed by atoms with Crippen LogP contribution in [-0.2, 0) is 12.8 Å². The van der Waals surface area contributed by atoms with Gasteiger partial charge in [-0.25, -0.2) is 4.68 Å². The van der Waals surface area contributed by atoms with Crippen LogP contribution in [0.2, 0.25) is 0 Å². The van der Waals surface area contributed by atoms with Gasteiger partial charge in [0.1, 0.15) is 0 Å². The number of nitrogens with zero attached hydrogens (tertiary/aromatic N) is 3. The molecule has 1 aromatic rings. The van der Waals surface area contributed by atoms with E-state index in [2.05, 4.69) is 48.0 Å². The first-order valence-corrected chi connectivity index (χ1v) is 8.24. The lowest BCUT2D eigenvalue weighted by Crippen LogP contribution is -2.25. The van der Waals surface area contributed by atoms with E-state index in [1.165, 1.54) is 37.2 Å². The predicted octanol–water partition coefficient (Wildman–Crippen LogP) is 2.60. The zero-order chi connectivity index (χ0) is 14.3. The van der Waals surface area contributed by atoms with E-state index in [4.69, 9.17) is 0 Å². The van der Waals surface area contributed by atoms with Gasteiger partial charge in [0.05, 0.1) is 11.4 Å². The van der Waals surface area contributed by atoms with Gasteiger partial charge >= 0.3 is 0 Å². The van der Waals surface area contributed by atoms with E-state index in [0.29, 0.717) is 12.1 Å². The topological polar surface area (TPSA) is 42.7 Å². The molecule has 3 rings (SSSR count). The van der Waals surface area contributed by atoms with Crippen LogP contribution in [0.1, 0.15) is 58.0 Å². The first kappa shape index (κ1) is 14.1. The number of hydrogen-bond donors (Lipinski definition) is 1. The van der Waals surface area contributed by atoms with Crippen molar-refractivity contribution in [1.82, 2.24) is 20.3 Å². The molecule has 2 aliphatic rings. The molecule has 1 N–H and O–H groups in total. The number of aryl methyl sites for hydroxylation is 1. The van der Waals surface area contributed by atoms with Gasteiger partial charge in [0.15, 0.2) is 0 Å². The highest BCUT2D eigenvalue weighted by atomic mass is 15.4. The maximum absolute atomic E-state index is 4.43. The SMILES string of the molecule is CC(C)NC[C@@H]1[C@@H]2CCc3c(nnn3C(C)C)CC[C@@H]21. The van der Waals surface area contributed by atoms with E-state index in [1.807, 2.05) is 0 Å². The molecule has 2 aliphatic carbocycles. The molecule has 0 saturated heterocycles. The Morgan fingerprint density at radius 2 is 1.85 bits per heavy atom. The summed E-state index contributed by atoms with van der Waals surface area (Å²) in [5, 5.41) is 12.4. The molecule has 0 aromatic carbocycles. The second kappa shape index (κ2) is 5.47. The quantitative estimate of drug-likeness (QED) is 0.919. The zero-order valence-electron chi connectivity index (χ0n) is 13.3. The Kier molecular flexibility index (Phi) is 3.85. The number of nitrogens with one attached hydrogen (secondary N) is 1. The molecule has 1 aromatic heterocycles. The summed E-state index contributed by atoms with van der Waals surface area (Å²) in [5.41, 5.74) is 2.67. The minimum atomic E-state index is 0.430. The second-order valence-electron chi connectivity index (χ2n) is 7.15. The van der Waals surface area contributed by atoms with E-state index in [9.17, 15) is 0 Å². The molecule has 20 heavy (non-hydrogen) atoms. The van der Waals surface area contributed by atoms with E-state index in [1.54, 1.807) is 0 Å². The van der Waals surface area contributed by atoms with Crippen molar-refractivity contribution in [3.05, 3.63) is 11.4 Å². The molecule has 0 unspecified atom stereocenters. The van der Waals surface area contributed by atoms with Crippen LogP contribution in [0, 0.1) is 17.8 Å². The maximum Gasteiger partial charge on any atom is 0.0859 e. The summed E-state index contributed by atoms with van der Waals surface area (Å²) in [4.78, 5) is 0. The van der Waals surface area contributed by atoms with Crippen molar-refractivity contribution in [3.63, 3.8) is 0 Å². The van der Waals surface area contributed by atoms with Crippen LogP contribution in [0.5, 0.6) is 0 Å². The molecule has 1 heterocycles.